The van der Waals surface area contributed by atoms with Crippen LogP contribution in [0.5, 0.6) is 5.75 Å². The molecular formula is C17H18N2O5. The number of pyridine rings is 1. The Balaban J connectivity index is 1.91. The van der Waals surface area contributed by atoms with Crippen molar-refractivity contribution in [2.45, 2.75) is 37.4 Å². The largest absolute Gasteiger partial charge is 0.505 e. The van der Waals surface area contributed by atoms with E-state index in [-0.39, 0.29) is 29.7 Å². The van der Waals surface area contributed by atoms with Crippen LogP contribution in [0.25, 0.3) is 10.9 Å². The number of fused-ring (bicyclic) bond motifs is 1. The number of phenols is 1. The Kier molecular flexibility index (Phi) is 4.11. The summed E-state index contributed by atoms with van der Waals surface area (Å²) < 4.78 is 5.39. The van der Waals surface area contributed by atoms with Crippen LogP contribution in [0.4, 0.5) is 0 Å². The first-order valence-corrected chi connectivity index (χ1v) is 7.71. The van der Waals surface area contributed by atoms with Gasteiger partial charge >= 0.3 is 5.97 Å². The predicted octanol–water partition coefficient (Wildman–Crippen LogP) is 1.26. The van der Waals surface area contributed by atoms with Crippen molar-refractivity contribution in [2.24, 2.45) is 5.73 Å². The molecule has 7 heteroatoms. The van der Waals surface area contributed by atoms with Crippen LogP contribution in [0, 0.1) is 0 Å². The summed E-state index contributed by atoms with van der Waals surface area (Å²) in [5, 5.41) is 20.6. The fourth-order valence-electron chi connectivity index (χ4n) is 2.99. The number of carbonyl (C=O) groups is 2. The third kappa shape index (κ3) is 2.78. The molecule has 0 radical (unpaired) electrons. The number of ether oxygens (including phenoxy) is 1. The predicted molar refractivity (Wildman–Crippen MR) is 85.2 cm³/mol. The van der Waals surface area contributed by atoms with E-state index in [9.17, 15) is 19.8 Å². The number of rotatable bonds is 3. The number of nitrogens with two attached hydrogens (primary N) is 1. The van der Waals surface area contributed by atoms with E-state index in [1.165, 1.54) is 12.3 Å². The summed E-state index contributed by atoms with van der Waals surface area (Å²) >= 11 is 0. The maximum absolute atomic E-state index is 12.5. The first-order chi connectivity index (χ1) is 11.4. The van der Waals surface area contributed by atoms with Crippen molar-refractivity contribution in [3.05, 3.63) is 36.0 Å². The maximum Gasteiger partial charge on any atom is 0.343 e. The third-order valence-electron chi connectivity index (χ3n) is 4.47. The molecule has 3 rings (SSSR count). The van der Waals surface area contributed by atoms with Gasteiger partial charge in [0.2, 0.25) is 0 Å². The number of benzene rings is 1. The number of carbonyl (C=O) groups excluding carboxylic acids is 2. The first kappa shape index (κ1) is 16.2. The van der Waals surface area contributed by atoms with Gasteiger partial charge in [-0.15, -0.1) is 0 Å². The number of phenolic OH excluding ortho intramolecular Hbond substituents is 1. The van der Waals surface area contributed by atoms with Gasteiger partial charge in [0.25, 0.3) is 5.91 Å². The summed E-state index contributed by atoms with van der Waals surface area (Å²) in [6.45, 7) is 0. The van der Waals surface area contributed by atoms with Crippen LogP contribution in [-0.4, -0.2) is 38.8 Å². The Bertz CT molecular complexity index is 797. The Morgan fingerprint density at radius 1 is 1.25 bits per heavy atom. The van der Waals surface area contributed by atoms with Gasteiger partial charge < -0.3 is 20.7 Å². The molecular weight excluding hydrogens is 312 g/mol. The number of aromatic hydroxyl groups is 1. The molecule has 24 heavy (non-hydrogen) atoms. The van der Waals surface area contributed by atoms with Gasteiger partial charge in [-0.05, 0) is 37.8 Å². The number of esters is 1. The lowest BCUT2D eigenvalue weighted by Gasteiger charge is -2.35. The summed E-state index contributed by atoms with van der Waals surface area (Å²) in [4.78, 5) is 28.4. The highest BCUT2D eigenvalue weighted by Crippen LogP contribution is 2.34. The van der Waals surface area contributed by atoms with Crippen molar-refractivity contribution in [3.63, 3.8) is 0 Å². The fourth-order valence-corrected chi connectivity index (χ4v) is 2.99. The molecule has 0 spiro atoms. The summed E-state index contributed by atoms with van der Waals surface area (Å²) in [7, 11) is 0. The topological polar surface area (TPSA) is 123 Å². The molecule has 1 heterocycles. The second kappa shape index (κ2) is 6.09. The lowest BCUT2D eigenvalue weighted by Crippen LogP contribution is -2.50. The molecule has 1 aromatic heterocycles. The molecule has 0 atom stereocenters. The lowest BCUT2D eigenvalue weighted by molar-refractivity contribution is -0.143. The molecule has 4 N–H and O–H groups in total. The zero-order valence-corrected chi connectivity index (χ0v) is 12.9. The average Bonchev–Trinajstić information content (AvgIpc) is 2.57. The third-order valence-corrected chi connectivity index (χ3v) is 4.47. The summed E-state index contributed by atoms with van der Waals surface area (Å²) in [6, 6.07) is 6.54. The minimum absolute atomic E-state index is 0.0760. The van der Waals surface area contributed by atoms with Crippen LogP contribution in [0.15, 0.2) is 30.5 Å². The second-order valence-electron chi connectivity index (χ2n) is 6.02. The zero-order chi connectivity index (χ0) is 17.3. The van der Waals surface area contributed by atoms with Crippen molar-refractivity contribution in [2.75, 3.05) is 0 Å². The van der Waals surface area contributed by atoms with E-state index in [0.29, 0.717) is 18.2 Å². The molecule has 0 unspecified atom stereocenters. The van der Waals surface area contributed by atoms with Crippen LogP contribution in [0.1, 0.15) is 36.0 Å². The van der Waals surface area contributed by atoms with Crippen LogP contribution in [0.3, 0.4) is 0 Å². The number of aliphatic hydroxyl groups is 1. The van der Waals surface area contributed by atoms with Gasteiger partial charge in [0.1, 0.15) is 11.1 Å². The van der Waals surface area contributed by atoms with Crippen molar-refractivity contribution >= 4 is 22.8 Å². The average molecular weight is 330 g/mol. The Hall–Kier alpha value is -2.67. The van der Waals surface area contributed by atoms with E-state index < -0.39 is 23.6 Å². The highest BCUT2D eigenvalue weighted by Gasteiger charge is 2.44. The highest BCUT2D eigenvalue weighted by atomic mass is 16.6. The van der Waals surface area contributed by atoms with E-state index in [0.717, 1.165) is 0 Å². The molecule has 126 valence electrons. The normalized spacial score (nSPS) is 23.8. The van der Waals surface area contributed by atoms with Gasteiger partial charge in [-0.25, -0.2) is 4.79 Å². The van der Waals surface area contributed by atoms with E-state index >= 15 is 0 Å². The van der Waals surface area contributed by atoms with E-state index in [2.05, 4.69) is 4.98 Å². The number of aliphatic hydroxyl groups excluding tert-OH is 1. The van der Waals surface area contributed by atoms with Crippen molar-refractivity contribution < 1.29 is 24.5 Å². The Morgan fingerprint density at radius 3 is 2.62 bits per heavy atom. The smallest absolute Gasteiger partial charge is 0.343 e. The molecule has 7 nitrogen and oxygen atoms in total. The minimum atomic E-state index is -1.46. The van der Waals surface area contributed by atoms with Gasteiger partial charge in [-0.3, -0.25) is 9.78 Å². The number of primary amides is 1. The standard InChI is InChI=1S/C17H18N2O5/c18-16(23)17(7-5-11(20)6-8-17)24-15(22)12-4-3-10-2-1-9-19-13(10)14(12)21/h1-4,9,11,20-21H,5-8H2,(H2,18,23). The van der Waals surface area contributed by atoms with E-state index in [1.54, 1.807) is 18.2 Å². The zero-order valence-electron chi connectivity index (χ0n) is 12.9. The van der Waals surface area contributed by atoms with Gasteiger partial charge in [-0.2, -0.15) is 0 Å². The molecule has 0 aliphatic heterocycles. The number of hydrogen-bond acceptors (Lipinski definition) is 6. The molecule has 1 amide bonds. The number of aromatic nitrogens is 1. The quantitative estimate of drug-likeness (QED) is 0.728. The molecule has 1 aromatic carbocycles. The van der Waals surface area contributed by atoms with Crippen LogP contribution in [0.2, 0.25) is 0 Å². The SMILES string of the molecule is NC(=O)C1(OC(=O)c2ccc3cccnc3c2O)CCC(O)CC1. The summed E-state index contributed by atoms with van der Waals surface area (Å²) in [5.41, 5.74) is 4.17. The fraction of sp³-hybridized carbons (Fsp3) is 0.353. The van der Waals surface area contributed by atoms with Crippen molar-refractivity contribution in [3.8, 4) is 5.75 Å². The van der Waals surface area contributed by atoms with Crippen molar-refractivity contribution in [1.29, 1.82) is 0 Å². The van der Waals surface area contributed by atoms with E-state index in [1.807, 2.05) is 0 Å². The van der Waals surface area contributed by atoms with Gasteiger partial charge in [0.15, 0.2) is 11.4 Å². The Morgan fingerprint density at radius 2 is 1.96 bits per heavy atom. The van der Waals surface area contributed by atoms with Gasteiger partial charge in [-0.1, -0.05) is 12.1 Å². The molecule has 1 saturated carbocycles. The van der Waals surface area contributed by atoms with Crippen molar-refractivity contribution in [1.82, 2.24) is 4.98 Å². The molecule has 0 bridgehead atoms. The number of nitrogens with zero attached hydrogens (tertiary/aromatic N) is 1. The van der Waals surface area contributed by atoms with Crippen LogP contribution >= 0.6 is 0 Å². The summed E-state index contributed by atoms with van der Waals surface area (Å²) in [6.07, 6.45) is 1.92. The highest BCUT2D eigenvalue weighted by molar-refractivity contribution is 6.01. The first-order valence-electron chi connectivity index (χ1n) is 7.71. The minimum Gasteiger partial charge on any atom is -0.505 e. The number of hydrogen-bond donors (Lipinski definition) is 3. The maximum atomic E-state index is 12.5. The second-order valence-corrected chi connectivity index (χ2v) is 6.02. The molecule has 0 saturated heterocycles. The number of amides is 1. The molecule has 1 fully saturated rings. The Labute approximate surface area is 138 Å². The summed E-state index contributed by atoms with van der Waals surface area (Å²) in [5.74, 6) is -1.88. The molecule has 1 aliphatic carbocycles. The van der Waals surface area contributed by atoms with Gasteiger partial charge in [0.05, 0.1) is 6.10 Å². The molecule has 1 aliphatic rings. The van der Waals surface area contributed by atoms with E-state index in [4.69, 9.17) is 10.5 Å². The van der Waals surface area contributed by atoms with Gasteiger partial charge in [0, 0.05) is 11.6 Å². The van der Waals surface area contributed by atoms with Crippen LogP contribution in [-0.2, 0) is 9.53 Å². The molecule has 2 aromatic rings. The lowest BCUT2D eigenvalue weighted by atomic mass is 9.82. The van der Waals surface area contributed by atoms with Crippen LogP contribution < -0.4 is 5.73 Å². The monoisotopic (exact) mass is 330 g/mol.